The number of carboxylic acids is 1. The highest BCUT2D eigenvalue weighted by molar-refractivity contribution is 7.49. The number of alkyl halides is 4. The predicted molar refractivity (Wildman–Crippen MR) is 264 cm³/mol. The predicted octanol–water partition coefficient (Wildman–Crippen LogP) is 7.31. The van der Waals surface area contributed by atoms with E-state index in [-0.39, 0.29) is 35.5 Å². The number of hydrogen-bond acceptors (Lipinski definition) is 13. The van der Waals surface area contributed by atoms with Crippen LogP contribution >= 0.6 is 0 Å². The summed E-state index contributed by atoms with van der Waals surface area (Å²) < 4.78 is 57.5. The molecule has 71 heavy (non-hydrogen) atoms. The zero-order valence-corrected chi connectivity index (χ0v) is 38.3. The third kappa shape index (κ3) is 17.8. The summed E-state index contributed by atoms with van der Waals surface area (Å²) in [6.07, 6.45) is 7.91. The number of ether oxygens (including phenoxy) is 2. The number of amides is 2. The Labute approximate surface area is 410 Å². The van der Waals surface area contributed by atoms with E-state index in [9.17, 15) is 36.7 Å². The van der Waals surface area contributed by atoms with Crippen LogP contribution in [0.2, 0.25) is 0 Å². The molecule has 6 radical (unpaired) electrons. The normalized spacial score (nSPS) is 14.6. The van der Waals surface area contributed by atoms with Crippen molar-refractivity contribution in [2.75, 3.05) is 21.7 Å². The van der Waals surface area contributed by atoms with Crippen molar-refractivity contribution in [3.8, 4) is 33.8 Å². The number of hydrogen-bond donors (Lipinski definition) is 6. The van der Waals surface area contributed by atoms with Crippen LogP contribution in [0.25, 0.3) is 22.3 Å². The standard InChI is InChI=1S/C23H21F2N5O3.C18H16F2N4O.C6H8O3.B4/c1-13-2-5-16(10-19(13)30-21(32)18-8-9-20(31)29-18)28-23-26-11-15(12-27-23)14-3-6-17(7-4-14)33-22(24)25;1-11-2-5-14(8-16(11)21)24-18-22-9-13(10-23-18)12-3-6-15(7-4-12)25-17(19)20;7-5-2-1-4(3-5)6(8)9;1-4(2)3/h2-7,10-12,18,22H,8-9H2,1H3,(H,29,31)(H,30,32)(H,26,27,28);2-10,17H,21H2,1H3,(H,22,23,24);4H,1-3H2,(H,8,9);/t18-;;4-;/m1.0./s1. The number of aryl methyl sites for hydroxylation is 2. The van der Waals surface area contributed by atoms with Crippen LogP contribution in [0.15, 0.2) is 110 Å². The molecule has 0 bridgehead atoms. The number of nitrogens with one attached hydrogen (secondary N) is 4. The van der Waals surface area contributed by atoms with Gasteiger partial charge in [0.25, 0.3) is 0 Å². The van der Waals surface area contributed by atoms with Crippen LogP contribution in [-0.4, -0.2) is 97.5 Å². The number of halogens is 4. The van der Waals surface area contributed by atoms with Gasteiger partial charge in [0.1, 0.15) is 23.3 Å². The molecule has 7 N–H and O–H groups in total. The summed E-state index contributed by atoms with van der Waals surface area (Å²) in [5.74, 6) is -0.557. The summed E-state index contributed by atoms with van der Waals surface area (Å²) in [7, 11) is 14.0. The Morgan fingerprint density at radius 3 is 1.55 bits per heavy atom. The van der Waals surface area contributed by atoms with Gasteiger partial charge in [-0.3, -0.25) is 19.2 Å². The lowest BCUT2D eigenvalue weighted by molar-refractivity contribution is -0.142. The smallest absolute Gasteiger partial charge is 0.387 e. The van der Waals surface area contributed by atoms with Gasteiger partial charge in [-0.1, -0.05) is 36.4 Å². The third-order valence-corrected chi connectivity index (χ3v) is 10.3. The summed E-state index contributed by atoms with van der Waals surface area (Å²) in [5, 5.41) is 20.0. The number of carbonyl (C=O) groups excluding carboxylic acids is 3. The fraction of sp³-hybridized carbons (Fsp3) is 0.234. The van der Waals surface area contributed by atoms with Gasteiger partial charge in [0.15, 0.2) is 0 Å². The Morgan fingerprint density at radius 1 is 0.704 bits per heavy atom. The molecule has 3 heterocycles. The highest BCUT2D eigenvalue weighted by Gasteiger charge is 2.28. The lowest BCUT2D eigenvalue weighted by Gasteiger charge is -2.14. The molecule has 2 aromatic heterocycles. The largest absolute Gasteiger partial charge is 0.481 e. The van der Waals surface area contributed by atoms with E-state index in [0.717, 1.165) is 33.5 Å². The lowest BCUT2D eigenvalue weighted by atomic mass is 9.08. The molecule has 8 rings (SSSR count). The molecule has 2 aliphatic rings. The van der Waals surface area contributed by atoms with E-state index in [4.69, 9.17) is 10.8 Å². The zero-order valence-electron chi connectivity index (χ0n) is 38.3. The third-order valence-electron chi connectivity index (χ3n) is 10.3. The molecule has 1 aliphatic carbocycles. The van der Waals surface area contributed by atoms with E-state index in [1.165, 1.54) is 24.3 Å². The Hall–Kier alpha value is -7.90. The number of aromatic nitrogens is 4. The zero-order chi connectivity index (χ0) is 51.6. The summed E-state index contributed by atoms with van der Waals surface area (Å²) in [6, 6.07) is 23.0. The molecule has 16 nitrogen and oxygen atoms in total. The van der Waals surface area contributed by atoms with E-state index in [2.05, 4.69) is 73.9 Å². The van der Waals surface area contributed by atoms with Crippen molar-refractivity contribution in [2.24, 2.45) is 5.92 Å². The average Bonchev–Trinajstić information content (AvgIpc) is 3.98. The first kappa shape index (κ1) is 54.0. The molecule has 0 unspecified atom stereocenters. The second kappa shape index (κ2) is 26.2. The van der Waals surface area contributed by atoms with Crippen molar-refractivity contribution in [1.29, 1.82) is 0 Å². The Morgan fingerprint density at radius 2 is 1.17 bits per heavy atom. The minimum absolute atomic E-state index is 0.0746. The molecule has 0 spiro atoms. The van der Waals surface area contributed by atoms with Crippen LogP contribution in [-0.2, 0) is 19.2 Å². The average molecular weight is 967 g/mol. The maximum atomic E-state index is 12.4. The van der Waals surface area contributed by atoms with Gasteiger partial charge in [-0.2, -0.15) is 17.6 Å². The number of nitrogens with two attached hydrogens (primary N) is 1. The van der Waals surface area contributed by atoms with Gasteiger partial charge in [-0.05, 0) is 97.5 Å². The van der Waals surface area contributed by atoms with Gasteiger partial charge in [0.05, 0.1) is 5.92 Å². The molecule has 2 atom stereocenters. The minimum atomic E-state index is -2.87. The molecule has 1 aliphatic heterocycles. The highest BCUT2D eigenvalue weighted by atomic mass is 19.3. The lowest BCUT2D eigenvalue weighted by Crippen LogP contribution is -2.37. The van der Waals surface area contributed by atoms with Crippen molar-refractivity contribution in [2.45, 2.75) is 65.2 Å². The van der Waals surface area contributed by atoms with Gasteiger partial charge in [0.2, 0.25) is 23.7 Å². The molecular weight excluding hydrogens is 922 g/mol. The molecule has 1 saturated heterocycles. The quantitative estimate of drug-likeness (QED) is 0.0379. The fourth-order valence-corrected chi connectivity index (χ4v) is 6.61. The summed E-state index contributed by atoms with van der Waals surface area (Å²) in [4.78, 5) is 61.6. The molecule has 2 amide bonds. The monoisotopic (exact) mass is 967 g/mol. The van der Waals surface area contributed by atoms with Crippen LogP contribution in [0.1, 0.15) is 43.2 Å². The summed E-state index contributed by atoms with van der Waals surface area (Å²) >= 11 is 0. The number of carbonyl (C=O) groups is 4. The Bertz CT molecular complexity index is 2730. The number of ketones is 1. The Balaban J connectivity index is 0.000000216. The molecule has 4 aromatic carbocycles. The second-order valence-electron chi connectivity index (χ2n) is 15.8. The maximum Gasteiger partial charge on any atom is 0.387 e. The molecule has 24 heteroatoms. The highest BCUT2D eigenvalue weighted by Crippen LogP contribution is 2.27. The van der Waals surface area contributed by atoms with Crippen molar-refractivity contribution in [3.63, 3.8) is 0 Å². The number of Topliss-reactive ketones (excluding diaryl/α,β-unsaturated/α-hetero) is 1. The van der Waals surface area contributed by atoms with Crippen molar-refractivity contribution in [1.82, 2.24) is 25.3 Å². The molecule has 360 valence electrons. The van der Waals surface area contributed by atoms with Crippen LogP contribution in [0.3, 0.4) is 0 Å². The van der Waals surface area contributed by atoms with Crippen LogP contribution in [0.5, 0.6) is 11.5 Å². The van der Waals surface area contributed by atoms with E-state index in [1.807, 2.05) is 44.2 Å². The van der Waals surface area contributed by atoms with Crippen molar-refractivity contribution in [3.05, 3.63) is 121 Å². The molecule has 2 fully saturated rings. The number of nitrogens with zero attached hydrogens (tertiary/aromatic N) is 4. The van der Waals surface area contributed by atoms with Crippen LogP contribution in [0.4, 0.5) is 52.2 Å². The van der Waals surface area contributed by atoms with Gasteiger partial charge in [0, 0.05) is 108 Å². The van der Waals surface area contributed by atoms with Crippen LogP contribution in [0, 0.1) is 19.8 Å². The number of nitrogen functional groups attached to an aromatic ring is 1. The van der Waals surface area contributed by atoms with E-state index >= 15 is 0 Å². The molecular formula is C47H45B4F4N9O7. The van der Waals surface area contributed by atoms with Crippen molar-refractivity contribution < 1.29 is 51.3 Å². The van der Waals surface area contributed by atoms with Crippen molar-refractivity contribution >= 4 is 87.8 Å². The molecule has 1 saturated carbocycles. The number of benzene rings is 4. The van der Waals surface area contributed by atoms with Crippen LogP contribution < -0.4 is 36.5 Å². The second-order valence-corrected chi connectivity index (χ2v) is 15.8. The van der Waals surface area contributed by atoms with Gasteiger partial charge in [-0.15, -0.1) is 0 Å². The number of carboxylic acid groups (broad SMARTS) is 1. The number of rotatable bonds is 13. The topological polar surface area (TPSA) is 233 Å². The SMILES string of the molecule is Cc1ccc(Nc2ncc(-c3ccc(OC(F)F)cc3)cn2)cc1N.Cc1ccc(Nc2ncc(-c3ccc(OC(F)F)cc3)cn2)cc1NC(=O)[C@H]1CCC(=O)N1.O=C1CC[C@H](C(=O)O)C1.[B]B([B])[B]. The fourth-order valence-electron chi connectivity index (χ4n) is 6.61. The summed E-state index contributed by atoms with van der Waals surface area (Å²) in [5.41, 5.74) is 13.5. The first-order valence-corrected chi connectivity index (χ1v) is 21.7. The van der Waals surface area contributed by atoms with Gasteiger partial charge >= 0.3 is 19.2 Å². The first-order valence-electron chi connectivity index (χ1n) is 21.7. The van der Waals surface area contributed by atoms with Gasteiger partial charge < -0.3 is 41.6 Å². The van der Waals surface area contributed by atoms with E-state index < -0.39 is 37.5 Å². The molecule has 6 aromatic rings. The van der Waals surface area contributed by atoms with Gasteiger partial charge in [-0.25, -0.2) is 19.9 Å². The first-order chi connectivity index (χ1) is 33.8. The van der Waals surface area contributed by atoms with E-state index in [0.29, 0.717) is 60.2 Å². The summed E-state index contributed by atoms with van der Waals surface area (Å²) in [6.45, 7) is -1.91. The number of anilines is 6. The number of aliphatic carboxylic acids is 1. The van der Waals surface area contributed by atoms with E-state index in [1.54, 1.807) is 55.1 Å². The maximum absolute atomic E-state index is 12.4. The Kier molecular flexibility index (Phi) is 19.9. The minimum Gasteiger partial charge on any atom is -0.481 e.